The predicted molar refractivity (Wildman–Crippen MR) is 79.5 cm³/mol. The molecule has 1 aromatic carbocycles. The molecule has 108 valence electrons. The second-order valence-electron chi connectivity index (χ2n) is 4.98. The van der Waals surface area contributed by atoms with Crippen LogP contribution in [0.4, 0.5) is 0 Å². The van der Waals surface area contributed by atoms with E-state index in [0.717, 1.165) is 18.2 Å². The zero-order valence-electron chi connectivity index (χ0n) is 11.2. The molecule has 0 saturated heterocycles. The van der Waals surface area contributed by atoms with Gasteiger partial charge in [0.15, 0.2) is 0 Å². The Morgan fingerprint density at radius 2 is 1.89 bits per heavy atom. The molecular weight excluding hydrogens is 307 g/mol. The van der Waals surface area contributed by atoms with E-state index < -0.39 is 10.1 Å². The van der Waals surface area contributed by atoms with Crippen LogP contribution in [0.5, 0.6) is 0 Å². The Hall–Kier alpha value is -0.290. The van der Waals surface area contributed by atoms with Gasteiger partial charge in [-0.1, -0.05) is 43.1 Å². The first-order chi connectivity index (χ1) is 8.69. The fourth-order valence-corrected chi connectivity index (χ4v) is 2.87. The lowest BCUT2D eigenvalue weighted by atomic mass is 9.91. The topological polar surface area (TPSA) is 43.4 Å². The molecular formula is C13H18Cl2O3S. The molecule has 0 amide bonds. The van der Waals surface area contributed by atoms with Crippen molar-refractivity contribution in [3.05, 3.63) is 33.8 Å². The molecule has 0 aromatic heterocycles. The van der Waals surface area contributed by atoms with Crippen molar-refractivity contribution < 1.29 is 12.6 Å². The number of hydrogen-bond acceptors (Lipinski definition) is 3. The van der Waals surface area contributed by atoms with Gasteiger partial charge >= 0.3 is 0 Å². The first-order valence-corrected chi connectivity index (χ1v) is 8.55. The molecule has 1 aromatic rings. The molecule has 0 heterocycles. The van der Waals surface area contributed by atoms with E-state index in [2.05, 4.69) is 13.8 Å². The van der Waals surface area contributed by atoms with Gasteiger partial charge in [-0.15, -0.1) is 0 Å². The highest BCUT2D eigenvalue weighted by atomic mass is 35.5. The first kappa shape index (κ1) is 16.8. The molecule has 3 nitrogen and oxygen atoms in total. The maximum atomic E-state index is 11.1. The first-order valence-electron chi connectivity index (χ1n) is 5.98. The summed E-state index contributed by atoms with van der Waals surface area (Å²) in [5, 5.41) is 1.09. The standard InChI is InChI=1S/C13H18Cl2O3S/c1-9(2)6-10(8-18-19(3,16)17)12-5-4-11(14)7-13(12)15/h4-5,7,9-10H,6,8H2,1-3H3. The lowest BCUT2D eigenvalue weighted by Gasteiger charge is -2.20. The van der Waals surface area contributed by atoms with Crippen LogP contribution in [0.3, 0.4) is 0 Å². The molecule has 1 unspecified atom stereocenters. The van der Waals surface area contributed by atoms with Crippen LogP contribution in [0.2, 0.25) is 10.0 Å². The fourth-order valence-electron chi connectivity index (χ4n) is 1.89. The van der Waals surface area contributed by atoms with Gasteiger partial charge in [-0.2, -0.15) is 8.42 Å². The Morgan fingerprint density at radius 3 is 2.37 bits per heavy atom. The quantitative estimate of drug-likeness (QED) is 0.740. The summed E-state index contributed by atoms with van der Waals surface area (Å²) in [6.07, 6.45) is 1.83. The lowest BCUT2D eigenvalue weighted by Crippen LogP contribution is -2.14. The van der Waals surface area contributed by atoms with Crippen LogP contribution < -0.4 is 0 Å². The highest BCUT2D eigenvalue weighted by Crippen LogP contribution is 2.32. The van der Waals surface area contributed by atoms with Crippen molar-refractivity contribution >= 4 is 33.3 Å². The molecule has 0 N–H and O–H groups in total. The summed E-state index contributed by atoms with van der Waals surface area (Å²) in [6, 6.07) is 5.23. The summed E-state index contributed by atoms with van der Waals surface area (Å²) in [4.78, 5) is 0. The Kier molecular flexibility index (Phi) is 6.12. The highest BCUT2D eigenvalue weighted by molar-refractivity contribution is 7.85. The maximum absolute atomic E-state index is 11.1. The molecule has 0 aliphatic rings. The third-order valence-electron chi connectivity index (χ3n) is 2.64. The molecule has 0 aliphatic heterocycles. The van der Waals surface area contributed by atoms with Crippen LogP contribution >= 0.6 is 23.2 Å². The van der Waals surface area contributed by atoms with Gasteiger partial charge in [0.2, 0.25) is 0 Å². The van der Waals surface area contributed by atoms with Crippen molar-refractivity contribution in [3.8, 4) is 0 Å². The summed E-state index contributed by atoms with van der Waals surface area (Å²) in [6.45, 7) is 4.23. The summed E-state index contributed by atoms with van der Waals surface area (Å²) in [5.41, 5.74) is 0.864. The van der Waals surface area contributed by atoms with Crippen molar-refractivity contribution in [3.63, 3.8) is 0 Å². The summed E-state index contributed by atoms with van der Waals surface area (Å²) >= 11 is 12.0. The van der Waals surface area contributed by atoms with Gasteiger partial charge < -0.3 is 0 Å². The molecule has 0 radical (unpaired) electrons. The van der Waals surface area contributed by atoms with Gasteiger partial charge in [0.1, 0.15) is 0 Å². The minimum atomic E-state index is -3.45. The largest absolute Gasteiger partial charge is 0.270 e. The van der Waals surface area contributed by atoms with Crippen LogP contribution in [0, 0.1) is 5.92 Å². The van der Waals surface area contributed by atoms with Crippen molar-refractivity contribution in [2.75, 3.05) is 12.9 Å². The molecule has 1 atom stereocenters. The van der Waals surface area contributed by atoms with E-state index >= 15 is 0 Å². The van der Waals surface area contributed by atoms with Crippen LogP contribution in [0.15, 0.2) is 18.2 Å². The lowest BCUT2D eigenvalue weighted by molar-refractivity contribution is 0.276. The third-order valence-corrected chi connectivity index (χ3v) is 3.77. The number of hydrogen-bond donors (Lipinski definition) is 0. The Balaban J connectivity index is 2.95. The van der Waals surface area contributed by atoms with Crippen molar-refractivity contribution in [1.29, 1.82) is 0 Å². The van der Waals surface area contributed by atoms with E-state index in [1.807, 2.05) is 6.07 Å². The van der Waals surface area contributed by atoms with Crippen LogP contribution in [0.25, 0.3) is 0 Å². The molecule has 19 heavy (non-hydrogen) atoms. The van der Waals surface area contributed by atoms with Crippen molar-refractivity contribution in [2.45, 2.75) is 26.2 Å². The van der Waals surface area contributed by atoms with E-state index in [0.29, 0.717) is 16.0 Å². The molecule has 0 fully saturated rings. The second kappa shape index (κ2) is 6.93. The van der Waals surface area contributed by atoms with Gasteiger partial charge in [0.25, 0.3) is 10.1 Å². The molecule has 1 rings (SSSR count). The number of rotatable bonds is 6. The minimum absolute atomic E-state index is 0.0699. The molecule has 0 saturated carbocycles. The zero-order valence-corrected chi connectivity index (χ0v) is 13.5. The smallest absolute Gasteiger partial charge is 0.264 e. The number of halogens is 2. The van der Waals surface area contributed by atoms with Gasteiger partial charge in [0, 0.05) is 16.0 Å². The summed E-state index contributed by atoms with van der Waals surface area (Å²) < 4.78 is 27.1. The van der Waals surface area contributed by atoms with E-state index in [-0.39, 0.29) is 12.5 Å². The SMILES string of the molecule is CC(C)CC(COS(C)(=O)=O)c1ccc(Cl)cc1Cl. The molecule has 0 spiro atoms. The Bertz CT molecular complexity index is 527. The molecule has 0 bridgehead atoms. The van der Waals surface area contributed by atoms with Gasteiger partial charge in [-0.05, 0) is 30.0 Å². The molecule has 0 aliphatic carbocycles. The van der Waals surface area contributed by atoms with Crippen LogP contribution in [0.1, 0.15) is 31.7 Å². The Labute approximate surface area is 125 Å². The summed E-state index contributed by atoms with van der Waals surface area (Å²) in [7, 11) is -3.45. The van der Waals surface area contributed by atoms with Gasteiger partial charge in [-0.3, -0.25) is 4.18 Å². The zero-order chi connectivity index (χ0) is 14.6. The van der Waals surface area contributed by atoms with Crippen LogP contribution in [-0.2, 0) is 14.3 Å². The van der Waals surface area contributed by atoms with Gasteiger partial charge in [-0.25, -0.2) is 0 Å². The average Bonchev–Trinajstić information content (AvgIpc) is 2.23. The van der Waals surface area contributed by atoms with Crippen LogP contribution in [-0.4, -0.2) is 21.3 Å². The van der Waals surface area contributed by atoms with E-state index in [4.69, 9.17) is 27.4 Å². The minimum Gasteiger partial charge on any atom is -0.270 e. The normalized spacial score (nSPS) is 13.8. The average molecular weight is 325 g/mol. The van der Waals surface area contributed by atoms with Gasteiger partial charge in [0.05, 0.1) is 12.9 Å². The van der Waals surface area contributed by atoms with Crippen molar-refractivity contribution in [1.82, 2.24) is 0 Å². The monoisotopic (exact) mass is 324 g/mol. The highest BCUT2D eigenvalue weighted by Gasteiger charge is 2.19. The third kappa shape index (κ3) is 6.13. The second-order valence-corrected chi connectivity index (χ2v) is 7.47. The predicted octanol–water partition coefficient (Wildman–Crippen LogP) is 4.10. The fraction of sp³-hybridized carbons (Fsp3) is 0.538. The van der Waals surface area contributed by atoms with Crippen molar-refractivity contribution in [2.24, 2.45) is 5.92 Å². The van der Waals surface area contributed by atoms with E-state index in [1.54, 1.807) is 12.1 Å². The van der Waals surface area contributed by atoms with E-state index in [9.17, 15) is 8.42 Å². The van der Waals surface area contributed by atoms with E-state index in [1.165, 1.54) is 0 Å². The Morgan fingerprint density at radius 1 is 1.26 bits per heavy atom. The summed E-state index contributed by atoms with van der Waals surface area (Å²) in [5.74, 6) is 0.333. The number of benzene rings is 1. The molecule has 6 heteroatoms. The maximum Gasteiger partial charge on any atom is 0.264 e.